The van der Waals surface area contributed by atoms with Crippen molar-refractivity contribution < 1.29 is 0 Å². The summed E-state index contributed by atoms with van der Waals surface area (Å²) in [6, 6.07) is 0.116. The summed E-state index contributed by atoms with van der Waals surface area (Å²) in [5, 5.41) is 4.22. The maximum absolute atomic E-state index is 11.8. The average molecular weight is 247 g/mol. The molecule has 1 fully saturated rings. The predicted molar refractivity (Wildman–Crippen MR) is 67.5 cm³/mol. The number of hydrogen-bond donors (Lipinski definition) is 2. The Morgan fingerprint density at radius 2 is 2.22 bits per heavy atom. The van der Waals surface area contributed by atoms with Crippen molar-refractivity contribution in [2.45, 2.75) is 44.6 Å². The third-order valence-corrected chi connectivity index (χ3v) is 3.79. The van der Waals surface area contributed by atoms with E-state index in [2.05, 4.69) is 15.1 Å². The summed E-state index contributed by atoms with van der Waals surface area (Å²) in [4.78, 5) is 18.9. The lowest BCUT2D eigenvalue weighted by molar-refractivity contribution is 0.369. The van der Waals surface area contributed by atoms with E-state index in [1.54, 1.807) is 4.52 Å². The van der Waals surface area contributed by atoms with Gasteiger partial charge in [0, 0.05) is 12.0 Å². The number of imidazole rings is 1. The molecule has 1 saturated carbocycles. The molecular weight excluding hydrogens is 230 g/mol. The van der Waals surface area contributed by atoms with Crippen LogP contribution < -0.4 is 11.3 Å². The van der Waals surface area contributed by atoms with Gasteiger partial charge in [-0.1, -0.05) is 12.8 Å². The number of fused-ring (bicyclic) bond motifs is 1. The average Bonchev–Trinajstić information content (AvgIpc) is 2.69. The van der Waals surface area contributed by atoms with Crippen LogP contribution >= 0.6 is 0 Å². The highest BCUT2D eigenvalue weighted by atomic mass is 16.1. The van der Waals surface area contributed by atoms with Crippen LogP contribution in [0.5, 0.6) is 0 Å². The van der Waals surface area contributed by atoms with E-state index in [1.165, 1.54) is 12.7 Å². The first-order valence-electron chi connectivity index (χ1n) is 6.37. The number of H-pyrrole nitrogens is 1. The van der Waals surface area contributed by atoms with E-state index in [0.29, 0.717) is 5.52 Å². The topological polar surface area (TPSA) is 89.1 Å². The van der Waals surface area contributed by atoms with Crippen molar-refractivity contribution in [3.63, 3.8) is 0 Å². The normalized spacial score (nSPS) is 24.6. The molecule has 1 aliphatic carbocycles. The molecule has 0 saturated heterocycles. The molecule has 0 radical (unpaired) electrons. The molecule has 18 heavy (non-hydrogen) atoms. The van der Waals surface area contributed by atoms with Gasteiger partial charge in [0.1, 0.15) is 12.2 Å². The molecular formula is C12H17N5O. The summed E-state index contributed by atoms with van der Waals surface area (Å²) >= 11 is 0. The summed E-state index contributed by atoms with van der Waals surface area (Å²) in [5.74, 6) is 1.04. The summed E-state index contributed by atoms with van der Waals surface area (Å²) in [7, 11) is 0. The van der Waals surface area contributed by atoms with E-state index >= 15 is 0 Å². The van der Waals surface area contributed by atoms with Gasteiger partial charge in [0.15, 0.2) is 5.52 Å². The van der Waals surface area contributed by atoms with Crippen LogP contribution in [0.3, 0.4) is 0 Å². The molecule has 0 amide bonds. The van der Waals surface area contributed by atoms with E-state index in [1.807, 2.05) is 6.92 Å². The zero-order valence-corrected chi connectivity index (χ0v) is 10.4. The van der Waals surface area contributed by atoms with Crippen molar-refractivity contribution in [1.82, 2.24) is 19.6 Å². The maximum atomic E-state index is 11.8. The Bertz CT molecular complexity index is 629. The largest absolute Gasteiger partial charge is 0.327 e. The lowest BCUT2D eigenvalue weighted by atomic mass is 9.84. The quantitative estimate of drug-likeness (QED) is 0.776. The number of rotatable bonds is 1. The van der Waals surface area contributed by atoms with Crippen LogP contribution in [0.25, 0.3) is 5.52 Å². The maximum Gasteiger partial charge on any atom is 0.277 e. The molecule has 2 unspecified atom stereocenters. The third-order valence-electron chi connectivity index (χ3n) is 3.79. The minimum atomic E-state index is -0.148. The van der Waals surface area contributed by atoms with E-state index in [-0.39, 0.29) is 17.5 Å². The number of nitrogens with two attached hydrogens (primary N) is 1. The van der Waals surface area contributed by atoms with Crippen LogP contribution in [0.4, 0.5) is 0 Å². The fourth-order valence-electron chi connectivity index (χ4n) is 2.85. The molecule has 1 aliphatic rings. The zero-order valence-electron chi connectivity index (χ0n) is 10.4. The minimum absolute atomic E-state index is 0.116. The SMILES string of the molecule is Cc1nc(C2CCCCC2N)n2nc[nH]c(=O)c12. The smallest absolute Gasteiger partial charge is 0.277 e. The summed E-state index contributed by atoms with van der Waals surface area (Å²) < 4.78 is 1.66. The van der Waals surface area contributed by atoms with Crippen LogP contribution in [0, 0.1) is 6.92 Å². The van der Waals surface area contributed by atoms with Gasteiger partial charge < -0.3 is 10.7 Å². The molecule has 6 heteroatoms. The van der Waals surface area contributed by atoms with Crippen molar-refractivity contribution in [3.05, 3.63) is 28.2 Å². The van der Waals surface area contributed by atoms with Crippen LogP contribution in [-0.4, -0.2) is 25.6 Å². The first-order chi connectivity index (χ1) is 8.68. The second-order valence-corrected chi connectivity index (χ2v) is 4.99. The van der Waals surface area contributed by atoms with Crippen molar-refractivity contribution >= 4 is 5.52 Å². The first-order valence-corrected chi connectivity index (χ1v) is 6.37. The molecule has 2 aromatic heterocycles. The van der Waals surface area contributed by atoms with Crippen LogP contribution in [0.1, 0.15) is 43.1 Å². The predicted octanol–water partition coefficient (Wildman–Crippen LogP) is 0.711. The van der Waals surface area contributed by atoms with E-state index in [9.17, 15) is 4.79 Å². The minimum Gasteiger partial charge on any atom is -0.327 e. The molecule has 6 nitrogen and oxygen atoms in total. The Balaban J connectivity index is 2.18. The molecule has 3 rings (SSSR count). The summed E-state index contributed by atoms with van der Waals surface area (Å²) in [6.07, 6.45) is 5.79. The highest BCUT2D eigenvalue weighted by Gasteiger charge is 2.28. The van der Waals surface area contributed by atoms with Crippen molar-refractivity contribution in [2.75, 3.05) is 0 Å². The Morgan fingerprint density at radius 1 is 1.44 bits per heavy atom. The van der Waals surface area contributed by atoms with Gasteiger partial charge in [-0.15, -0.1) is 0 Å². The molecule has 3 N–H and O–H groups in total. The number of aromatic nitrogens is 4. The zero-order chi connectivity index (χ0) is 12.7. The van der Waals surface area contributed by atoms with Crippen LogP contribution in [0.2, 0.25) is 0 Å². The summed E-state index contributed by atoms with van der Waals surface area (Å²) in [6.45, 7) is 1.84. The van der Waals surface area contributed by atoms with Gasteiger partial charge in [0.2, 0.25) is 0 Å². The van der Waals surface area contributed by atoms with E-state index in [4.69, 9.17) is 5.73 Å². The molecule has 0 aromatic carbocycles. The Morgan fingerprint density at radius 3 is 3.00 bits per heavy atom. The van der Waals surface area contributed by atoms with Gasteiger partial charge in [0.25, 0.3) is 5.56 Å². The fraction of sp³-hybridized carbons (Fsp3) is 0.583. The number of hydrogen-bond acceptors (Lipinski definition) is 4. The van der Waals surface area contributed by atoms with Crippen LogP contribution in [-0.2, 0) is 0 Å². The molecule has 2 atom stereocenters. The highest BCUT2D eigenvalue weighted by Crippen LogP contribution is 2.31. The van der Waals surface area contributed by atoms with Gasteiger partial charge in [0.05, 0.1) is 5.69 Å². The monoisotopic (exact) mass is 247 g/mol. The number of aryl methyl sites for hydroxylation is 1. The number of aromatic amines is 1. The lowest BCUT2D eigenvalue weighted by Gasteiger charge is -2.27. The van der Waals surface area contributed by atoms with Crippen molar-refractivity contribution in [1.29, 1.82) is 0 Å². The second kappa shape index (κ2) is 4.20. The van der Waals surface area contributed by atoms with Gasteiger partial charge in [-0.3, -0.25) is 4.79 Å². The van der Waals surface area contributed by atoms with Gasteiger partial charge >= 0.3 is 0 Å². The summed E-state index contributed by atoms with van der Waals surface area (Å²) in [5.41, 5.74) is 7.29. The van der Waals surface area contributed by atoms with Crippen LogP contribution in [0.15, 0.2) is 11.1 Å². The van der Waals surface area contributed by atoms with Crippen molar-refractivity contribution in [2.24, 2.45) is 5.73 Å². The van der Waals surface area contributed by atoms with Crippen molar-refractivity contribution in [3.8, 4) is 0 Å². The standard InChI is InChI=1S/C12H17N5O/c1-7-10-12(18)14-6-15-17(10)11(16-7)8-4-2-3-5-9(8)13/h6,8-9H,2-5,13H2,1H3,(H,14,15,18). The van der Waals surface area contributed by atoms with Gasteiger partial charge in [-0.2, -0.15) is 5.10 Å². The molecule has 0 spiro atoms. The van der Waals surface area contributed by atoms with Gasteiger partial charge in [-0.05, 0) is 19.8 Å². The Kier molecular flexibility index (Phi) is 2.66. The van der Waals surface area contributed by atoms with E-state index in [0.717, 1.165) is 30.8 Å². The first kappa shape index (κ1) is 11.4. The molecule has 2 heterocycles. The fourth-order valence-corrected chi connectivity index (χ4v) is 2.85. The number of nitrogens with one attached hydrogen (secondary N) is 1. The highest BCUT2D eigenvalue weighted by molar-refractivity contribution is 5.49. The molecule has 0 bridgehead atoms. The van der Waals surface area contributed by atoms with Gasteiger partial charge in [-0.25, -0.2) is 9.50 Å². The van der Waals surface area contributed by atoms with E-state index < -0.39 is 0 Å². The molecule has 96 valence electrons. The number of nitrogens with zero attached hydrogens (tertiary/aromatic N) is 3. The lowest BCUT2D eigenvalue weighted by Crippen LogP contribution is -2.33. The molecule has 0 aliphatic heterocycles. The second-order valence-electron chi connectivity index (χ2n) is 4.99. The third kappa shape index (κ3) is 1.64. The Labute approximate surface area is 104 Å². The molecule has 2 aromatic rings. The Hall–Kier alpha value is -1.69.